The summed E-state index contributed by atoms with van der Waals surface area (Å²) in [5.41, 5.74) is 1.83. The number of nitrogens with zero attached hydrogens (tertiary/aromatic N) is 2. The zero-order valence-electron chi connectivity index (χ0n) is 13.3. The van der Waals surface area contributed by atoms with Gasteiger partial charge in [-0.1, -0.05) is 28.1 Å². The van der Waals surface area contributed by atoms with E-state index in [-0.39, 0.29) is 5.69 Å². The number of ether oxygens (including phenoxy) is 1. The molecule has 24 heavy (non-hydrogen) atoms. The molecule has 0 aliphatic heterocycles. The van der Waals surface area contributed by atoms with Gasteiger partial charge < -0.3 is 10.1 Å². The molecule has 3 rings (SSSR count). The molecule has 0 spiro atoms. The van der Waals surface area contributed by atoms with Crippen LogP contribution in [-0.4, -0.2) is 22.5 Å². The molecule has 6 heteroatoms. The number of halogens is 1. The van der Waals surface area contributed by atoms with E-state index in [0.717, 1.165) is 20.9 Å². The van der Waals surface area contributed by atoms with Crippen molar-refractivity contribution >= 4 is 44.2 Å². The average molecular weight is 386 g/mol. The van der Waals surface area contributed by atoms with Gasteiger partial charge in [-0.15, -0.1) is 0 Å². The maximum atomic E-state index is 11.9. The average Bonchev–Trinajstić information content (AvgIpc) is 2.57. The van der Waals surface area contributed by atoms with Crippen LogP contribution < -0.4 is 5.32 Å². The van der Waals surface area contributed by atoms with E-state index in [9.17, 15) is 4.79 Å². The smallest absolute Gasteiger partial charge is 0.357 e. The molecule has 1 aromatic heterocycles. The van der Waals surface area contributed by atoms with E-state index < -0.39 is 5.97 Å². The molecular weight excluding hydrogens is 370 g/mol. The van der Waals surface area contributed by atoms with Crippen molar-refractivity contribution in [1.82, 2.24) is 9.97 Å². The van der Waals surface area contributed by atoms with Crippen LogP contribution in [0.2, 0.25) is 0 Å². The maximum Gasteiger partial charge on any atom is 0.357 e. The summed E-state index contributed by atoms with van der Waals surface area (Å²) in [6, 6.07) is 12.1. The second-order valence-electron chi connectivity index (χ2n) is 5.25. The van der Waals surface area contributed by atoms with E-state index in [1.165, 1.54) is 6.33 Å². The summed E-state index contributed by atoms with van der Waals surface area (Å²) in [6.45, 7) is 3.87. The molecule has 3 aromatic rings. The van der Waals surface area contributed by atoms with Crippen LogP contribution in [0.25, 0.3) is 10.8 Å². The van der Waals surface area contributed by atoms with E-state index in [1.54, 1.807) is 13.8 Å². The Morgan fingerprint density at radius 3 is 2.71 bits per heavy atom. The SMILES string of the molecule is CCOC(=O)c1ncnc(Nc2ccc3cc(Br)ccc3c2)c1C. The third-order valence-electron chi connectivity index (χ3n) is 3.62. The minimum atomic E-state index is -0.441. The molecule has 0 fully saturated rings. The first-order chi connectivity index (χ1) is 11.6. The molecule has 0 aliphatic carbocycles. The minimum absolute atomic E-state index is 0.277. The lowest BCUT2D eigenvalue weighted by Gasteiger charge is -2.11. The largest absolute Gasteiger partial charge is 0.461 e. The molecule has 2 aromatic carbocycles. The van der Waals surface area contributed by atoms with Gasteiger partial charge in [-0.2, -0.15) is 0 Å². The Morgan fingerprint density at radius 1 is 1.17 bits per heavy atom. The van der Waals surface area contributed by atoms with Crippen molar-refractivity contribution in [3.05, 3.63) is 58.5 Å². The maximum absolute atomic E-state index is 11.9. The lowest BCUT2D eigenvalue weighted by atomic mass is 10.1. The lowest BCUT2D eigenvalue weighted by Crippen LogP contribution is -2.11. The normalized spacial score (nSPS) is 10.6. The molecule has 0 unspecified atom stereocenters. The van der Waals surface area contributed by atoms with Gasteiger partial charge in [0.25, 0.3) is 0 Å². The third kappa shape index (κ3) is 3.38. The standard InChI is InChI=1S/C18H16BrN3O2/c1-3-24-18(23)16-11(2)17(21-10-20-16)22-15-7-5-12-8-14(19)6-4-13(12)9-15/h4-10H,3H2,1-2H3,(H,20,21,22). The number of fused-ring (bicyclic) bond motifs is 1. The number of carbonyl (C=O) groups excluding carboxylic acids is 1. The Bertz CT molecular complexity index is 912. The fourth-order valence-electron chi connectivity index (χ4n) is 2.41. The molecule has 0 amide bonds. The second kappa shape index (κ2) is 6.97. The molecule has 1 heterocycles. The van der Waals surface area contributed by atoms with Gasteiger partial charge in [-0.3, -0.25) is 0 Å². The second-order valence-corrected chi connectivity index (χ2v) is 6.16. The lowest BCUT2D eigenvalue weighted by molar-refractivity contribution is 0.0518. The molecule has 1 N–H and O–H groups in total. The molecule has 0 radical (unpaired) electrons. The topological polar surface area (TPSA) is 64.1 Å². The first-order valence-corrected chi connectivity index (χ1v) is 8.33. The number of hydrogen-bond donors (Lipinski definition) is 1. The molecular formula is C18H16BrN3O2. The first kappa shape index (κ1) is 16.4. The van der Waals surface area contributed by atoms with Crippen LogP contribution in [0.4, 0.5) is 11.5 Å². The minimum Gasteiger partial charge on any atom is -0.461 e. The van der Waals surface area contributed by atoms with Crippen LogP contribution in [0.3, 0.4) is 0 Å². The van der Waals surface area contributed by atoms with Crippen molar-refractivity contribution in [3.63, 3.8) is 0 Å². The predicted molar refractivity (Wildman–Crippen MR) is 97.7 cm³/mol. The molecule has 0 aliphatic rings. The molecule has 122 valence electrons. The van der Waals surface area contributed by atoms with E-state index >= 15 is 0 Å². The van der Waals surface area contributed by atoms with Crippen LogP contribution in [-0.2, 0) is 4.74 Å². The van der Waals surface area contributed by atoms with Gasteiger partial charge in [-0.25, -0.2) is 14.8 Å². The number of carbonyl (C=O) groups is 1. The van der Waals surface area contributed by atoms with Crippen LogP contribution in [0.15, 0.2) is 47.2 Å². The summed E-state index contributed by atoms with van der Waals surface area (Å²) in [5.74, 6) is 0.147. The Kier molecular flexibility index (Phi) is 4.76. The van der Waals surface area contributed by atoms with E-state index in [1.807, 2.05) is 30.3 Å². The monoisotopic (exact) mass is 385 g/mol. The van der Waals surface area contributed by atoms with Crippen molar-refractivity contribution in [2.75, 3.05) is 11.9 Å². The summed E-state index contributed by atoms with van der Waals surface area (Å²) in [7, 11) is 0. The highest BCUT2D eigenvalue weighted by Gasteiger charge is 2.15. The van der Waals surface area contributed by atoms with Gasteiger partial charge in [-0.05, 0) is 48.9 Å². The van der Waals surface area contributed by atoms with Crippen LogP contribution >= 0.6 is 15.9 Å². The Morgan fingerprint density at radius 2 is 1.92 bits per heavy atom. The van der Waals surface area contributed by atoms with Gasteiger partial charge in [0.1, 0.15) is 12.1 Å². The summed E-state index contributed by atoms with van der Waals surface area (Å²) in [5, 5.41) is 5.50. The summed E-state index contributed by atoms with van der Waals surface area (Å²) in [4.78, 5) is 20.2. The molecule has 0 bridgehead atoms. The van der Waals surface area contributed by atoms with Crippen molar-refractivity contribution in [1.29, 1.82) is 0 Å². The molecule has 0 saturated heterocycles. The van der Waals surface area contributed by atoms with E-state index in [2.05, 4.69) is 37.3 Å². The van der Waals surface area contributed by atoms with E-state index in [0.29, 0.717) is 18.0 Å². The van der Waals surface area contributed by atoms with Crippen molar-refractivity contribution in [3.8, 4) is 0 Å². The first-order valence-electron chi connectivity index (χ1n) is 7.53. The Hall–Kier alpha value is -2.47. The summed E-state index contributed by atoms with van der Waals surface area (Å²) >= 11 is 3.47. The number of esters is 1. The zero-order valence-corrected chi connectivity index (χ0v) is 14.9. The number of anilines is 2. The van der Waals surface area contributed by atoms with Crippen molar-refractivity contribution in [2.24, 2.45) is 0 Å². The number of nitrogens with one attached hydrogen (secondary N) is 1. The fourth-order valence-corrected chi connectivity index (χ4v) is 2.79. The molecule has 0 atom stereocenters. The van der Waals surface area contributed by atoms with Crippen molar-refractivity contribution < 1.29 is 9.53 Å². The van der Waals surface area contributed by atoms with Gasteiger partial charge in [0, 0.05) is 15.7 Å². The summed E-state index contributed by atoms with van der Waals surface area (Å²) < 4.78 is 6.06. The summed E-state index contributed by atoms with van der Waals surface area (Å²) in [6.07, 6.45) is 1.36. The highest BCUT2D eigenvalue weighted by molar-refractivity contribution is 9.10. The van der Waals surface area contributed by atoms with Crippen LogP contribution in [0, 0.1) is 6.92 Å². The fraction of sp³-hybridized carbons (Fsp3) is 0.167. The Labute approximate surface area is 148 Å². The highest BCUT2D eigenvalue weighted by Crippen LogP contribution is 2.26. The molecule has 0 saturated carbocycles. The van der Waals surface area contributed by atoms with Gasteiger partial charge in [0.2, 0.25) is 0 Å². The van der Waals surface area contributed by atoms with E-state index in [4.69, 9.17) is 4.74 Å². The Balaban J connectivity index is 1.92. The van der Waals surface area contributed by atoms with Crippen LogP contribution in [0.1, 0.15) is 23.0 Å². The number of hydrogen-bond acceptors (Lipinski definition) is 5. The number of rotatable bonds is 4. The van der Waals surface area contributed by atoms with Crippen molar-refractivity contribution in [2.45, 2.75) is 13.8 Å². The van der Waals surface area contributed by atoms with Crippen LogP contribution in [0.5, 0.6) is 0 Å². The third-order valence-corrected chi connectivity index (χ3v) is 4.11. The molecule has 5 nitrogen and oxygen atoms in total. The quantitative estimate of drug-likeness (QED) is 0.663. The number of aromatic nitrogens is 2. The highest BCUT2D eigenvalue weighted by atomic mass is 79.9. The van der Waals surface area contributed by atoms with Gasteiger partial charge >= 0.3 is 5.97 Å². The predicted octanol–water partition coefficient (Wildman–Crippen LogP) is 4.62. The van der Waals surface area contributed by atoms with Gasteiger partial charge in [0.05, 0.1) is 6.61 Å². The zero-order chi connectivity index (χ0) is 17.1. The number of benzene rings is 2. The van der Waals surface area contributed by atoms with Gasteiger partial charge in [0.15, 0.2) is 5.69 Å².